The van der Waals surface area contributed by atoms with Crippen molar-refractivity contribution in [2.45, 2.75) is 39.3 Å². The fraction of sp³-hybridized carbons (Fsp3) is 0.900. The fourth-order valence-electron chi connectivity index (χ4n) is 1.49. The second-order valence-electron chi connectivity index (χ2n) is 3.78. The van der Waals surface area contributed by atoms with Gasteiger partial charge in [-0.25, -0.2) is 4.68 Å². The Labute approximate surface area is 101 Å². The van der Waals surface area contributed by atoms with Crippen LogP contribution in [-0.2, 0) is 6.54 Å². The molecule has 1 unspecified atom stereocenters. The lowest BCUT2D eigenvalue weighted by molar-refractivity contribution is 0.484. The number of nitrogens with zero attached hydrogens (tertiary/aromatic N) is 4. The average Bonchev–Trinajstić information content (AvgIpc) is 2.74. The Kier molecular flexibility index (Phi) is 6.40. The molecule has 0 saturated heterocycles. The van der Waals surface area contributed by atoms with Crippen molar-refractivity contribution in [2.24, 2.45) is 0 Å². The molecule has 0 amide bonds. The van der Waals surface area contributed by atoms with E-state index in [1.807, 2.05) is 16.4 Å². The van der Waals surface area contributed by atoms with Crippen LogP contribution in [0.3, 0.4) is 0 Å². The van der Waals surface area contributed by atoms with Gasteiger partial charge in [-0.05, 0) is 48.7 Å². The van der Waals surface area contributed by atoms with E-state index in [1.165, 1.54) is 0 Å². The highest BCUT2D eigenvalue weighted by Crippen LogP contribution is 2.08. The van der Waals surface area contributed by atoms with Gasteiger partial charge in [0.15, 0.2) is 5.82 Å². The van der Waals surface area contributed by atoms with Gasteiger partial charge >= 0.3 is 0 Å². The molecule has 1 heterocycles. The van der Waals surface area contributed by atoms with E-state index in [0.29, 0.717) is 0 Å². The smallest absolute Gasteiger partial charge is 0.167 e. The van der Waals surface area contributed by atoms with Gasteiger partial charge in [0.1, 0.15) is 0 Å². The third-order valence-electron chi connectivity index (χ3n) is 2.37. The van der Waals surface area contributed by atoms with E-state index in [0.717, 1.165) is 37.5 Å². The molecule has 0 saturated carbocycles. The molecule has 0 spiro atoms. The number of nitrogens with one attached hydrogen (secondary N) is 1. The third kappa shape index (κ3) is 4.09. The van der Waals surface area contributed by atoms with E-state index in [9.17, 15) is 0 Å². The largest absolute Gasteiger partial charge is 0.307 e. The van der Waals surface area contributed by atoms with Gasteiger partial charge in [0.25, 0.3) is 0 Å². The van der Waals surface area contributed by atoms with Crippen LogP contribution in [-0.4, -0.2) is 38.8 Å². The first-order chi connectivity index (χ1) is 7.79. The van der Waals surface area contributed by atoms with E-state index in [-0.39, 0.29) is 6.04 Å². The summed E-state index contributed by atoms with van der Waals surface area (Å²) in [5.41, 5.74) is 0. The van der Waals surface area contributed by atoms with E-state index < -0.39 is 0 Å². The van der Waals surface area contributed by atoms with E-state index >= 15 is 0 Å². The molecule has 0 aliphatic heterocycles. The van der Waals surface area contributed by atoms with Crippen LogP contribution in [0.5, 0.6) is 0 Å². The third-order valence-corrected chi connectivity index (χ3v) is 3.06. The summed E-state index contributed by atoms with van der Waals surface area (Å²) in [6, 6.07) is 0.226. The van der Waals surface area contributed by atoms with Gasteiger partial charge in [0, 0.05) is 6.54 Å². The van der Waals surface area contributed by atoms with Gasteiger partial charge in [0.05, 0.1) is 6.04 Å². The molecule has 0 radical (unpaired) electrons. The predicted molar refractivity (Wildman–Crippen MR) is 67.5 cm³/mol. The molecule has 0 aliphatic rings. The van der Waals surface area contributed by atoms with Crippen molar-refractivity contribution in [3.05, 3.63) is 5.82 Å². The summed E-state index contributed by atoms with van der Waals surface area (Å²) in [5.74, 6) is 2.09. The first-order valence-electron chi connectivity index (χ1n) is 5.78. The molecule has 0 bridgehead atoms. The number of aryl methyl sites for hydroxylation is 1. The van der Waals surface area contributed by atoms with Crippen LogP contribution in [0.15, 0.2) is 0 Å². The Morgan fingerprint density at radius 1 is 1.50 bits per heavy atom. The van der Waals surface area contributed by atoms with Crippen LogP contribution in [0, 0.1) is 0 Å². The number of rotatable bonds is 8. The molecule has 1 aromatic rings. The molecule has 0 fully saturated rings. The summed E-state index contributed by atoms with van der Waals surface area (Å²) in [7, 11) is 0. The topological polar surface area (TPSA) is 55.6 Å². The van der Waals surface area contributed by atoms with Gasteiger partial charge in [-0.2, -0.15) is 11.8 Å². The molecular formula is C10H21N5S. The lowest BCUT2D eigenvalue weighted by Crippen LogP contribution is -2.23. The summed E-state index contributed by atoms with van der Waals surface area (Å²) < 4.78 is 1.91. The summed E-state index contributed by atoms with van der Waals surface area (Å²) in [6.07, 6.45) is 4.35. The quantitative estimate of drug-likeness (QED) is 0.701. The molecule has 1 N–H and O–H groups in total. The number of thioether (sulfide) groups is 1. The SMILES string of the molecule is CCCNC(C)c1nnnn1CCCSC. The summed E-state index contributed by atoms with van der Waals surface area (Å²) in [4.78, 5) is 0. The highest BCUT2D eigenvalue weighted by atomic mass is 32.2. The second-order valence-corrected chi connectivity index (χ2v) is 4.77. The van der Waals surface area contributed by atoms with Crippen LogP contribution in [0.1, 0.15) is 38.6 Å². The molecular weight excluding hydrogens is 222 g/mol. The van der Waals surface area contributed by atoms with Gasteiger partial charge in [-0.1, -0.05) is 6.92 Å². The first-order valence-corrected chi connectivity index (χ1v) is 7.17. The van der Waals surface area contributed by atoms with Crippen LogP contribution >= 0.6 is 11.8 Å². The summed E-state index contributed by atoms with van der Waals surface area (Å²) >= 11 is 1.85. The maximum absolute atomic E-state index is 4.08. The van der Waals surface area contributed by atoms with Crippen molar-refractivity contribution >= 4 is 11.8 Å². The molecule has 92 valence electrons. The number of tetrazole rings is 1. The van der Waals surface area contributed by atoms with E-state index in [1.54, 1.807) is 0 Å². The zero-order valence-corrected chi connectivity index (χ0v) is 11.1. The number of hydrogen-bond donors (Lipinski definition) is 1. The number of aromatic nitrogens is 4. The highest BCUT2D eigenvalue weighted by molar-refractivity contribution is 7.98. The van der Waals surface area contributed by atoms with Gasteiger partial charge in [-0.15, -0.1) is 5.10 Å². The van der Waals surface area contributed by atoms with E-state index in [2.05, 4.69) is 40.9 Å². The van der Waals surface area contributed by atoms with Crippen LogP contribution in [0.25, 0.3) is 0 Å². The molecule has 16 heavy (non-hydrogen) atoms. The van der Waals surface area contributed by atoms with E-state index in [4.69, 9.17) is 0 Å². The van der Waals surface area contributed by atoms with Crippen molar-refractivity contribution in [2.75, 3.05) is 18.6 Å². The minimum Gasteiger partial charge on any atom is -0.307 e. The van der Waals surface area contributed by atoms with Crippen molar-refractivity contribution < 1.29 is 0 Å². The van der Waals surface area contributed by atoms with Crippen molar-refractivity contribution in [1.82, 2.24) is 25.5 Å². The lowest BCUT2D eigenvalue weighted by Gasteiger charge is -2.12. The van der Waals surface area contributed by atoms with Gasteiger partial charge < -0.3 is 5.32 Å². The van der Waals surface area contributed by atoms with Crippen molar-refractivity contribution in [1.29, 1.82) is 0 Å². The monoisotopic (exact) mass is 243 g/mol. The first kappa shape index (κ1) is 13.4. The highest BCUT2D eigenvalue weighted by Gasteiger charge is 2.12. The van der Waals surface area contributed by atoms with Crippen molar-refractivity contribution in [3.63, 3.8) is 0 Å². The standard InChI is InChI=1S/C10H21N5S/c1-4-6-11-9(2)10-12-13-14-15(10)7-5-8-16-3/h9,11H,4-8H2,1-3H3. The maximum Gasteiger partial charge on any atom is 0.167 e. The number of hydrogen-bond acceptors (Lipinski definition) is 5. The Morgan fingerprint density at radius 3 is 3.00 bits per heavy atom. The Balaban J connectivity index is 2.48. The summed E-state index contributed by atoms with van der Waals surface area (Å²) in [6.45, 7) is 6.16. The molecule has 5 nitrogen and oxygen atoms in total. The zero-order valence-electron chi connectivity index (χ0n) is 10.3. The maximum atomic E-state index is 4.08. The fourth-order valence-corrected chi connectivity index (χ4v) is 1.91. The minimum atomic E-state index is 0.226. The summed E-state index contributed by atoms with van der Waals surface area (Å²) in [5, 5.41) is 15.2. The van der Waals surface area contributed by atoms with Gasteiger partial charge in [-0.3, -0.25) is 0 Å². The Bertz CT molecular complexity index is 288. The molecule has 0 aliphatic carbocycles. The molecule has 1 atom stereocenters. The minimum absolute atomic E-state index is 0.226. The van der Waals surface area contributed by atoms with Crippen LogP contribution in [0.4, 0.5) is 0 Å². The van der Waals surface area contributed by atoms with Crippen LogP contribution < -0.4 is 5.32 Å². The Hall–Kier alpha value is -0.620. The van der Waals surface area contributed by atoms with Gasteiger partial charge in [0.2, 0.25) is 0 Å². The average molecular weight is 243 g/mol. The second kappa shape index (κ2) is 7.62. The normalized spacial score (nSPS) is 12.9. The molecule has 1 aromatic heterocycles. The lowest BCUT2D eigenvalue weighted by atomic mass is 10.3. The molecule has 6 heteroatoms. The van der Waals surface area contributed by atoms with Crippen molar-refractivity contribution in [3.8, 4) is 0 Å². The predicted octanol–water partition coefficient (Wildman–Crippen LogP) is 1.49. The molecule has 0 aromatic carbocycles. The zero-order chi connectivity index (χ0) is 11.8. The molecule has 1 rings (SSSR count). The Morgan fingerprint density at radius 2 is 2.31 bits per heavy atom. The van der Waals surface area contributed by atoms with Crippen LogP contribution in [0.2, 0.25) is 0 Å².